The summed E-state index contributed by atoms with van der Waals surface area (Å²) in [5.74, 6) is -0.546. The third kappa shape index (κ3) is 4.54. The fraction of sp³-hybridized carbons (Fsp3) is 0.0667. The summed E-state index contributed by atoms with van der Waals surface area (Å²) in [6.45, 7) is 1.41. The lowest BCUT2D eigenvalue weighted by molar-refractivity contribution is -0.114. The quantitative estimate of drug-likeness (QED) is 0.662. The number of pyridine rings is 1. The molecule has 0 radical (unpaired) electrons. The van der Waals surface area contributed by atoms with E-state index in [4.69, 9.17) is 0 Å². The summed E-state index contributed by atoms with van der Waals surface area (Å²) < 4.78 is 0. The molecule has 0 atom stereocenters. The van der Waals surface area contributed by atoms with Crippen molar-refractivity contribution in [3.63, 3.8) is 0 Å². The monoisotopic (exact) mass is 282 g/mol. The van der Waals surface area contributed by atoms with Gasteiger partial charge in [-0.05, 0) is 35.9 Å². The number of hydrogen-bond acceptors (Lipinski definition) is 4. The van der Waals surface area contributed by atoms with Crippen molar-refractivity contribution >= 4 is 23.7 Å². The average Bonchev–Trinajstić information content (AvgIpc) is 2.48. The Kier molecular flexibility index (Phi) is 4.76. The Bertz CT molecular complexity index is 668. The van der Waals surface area contributed by atoms with Crippen molar-refractivity contribution in [3.05, 3.63) is 59.9 Å². The lowest BCUT2D eigenvalue weighted by Crippen LogP contribution is -2.18. The van der Waals surface area contributed by atoms with Crippen LogP contribution in [0.5, 0.6) is 0 Å². The van der Waals surface area contributed by atoms with Crippen molar-refractivity contribution in [1.82, 2.24) is 10.4 Å². The van der Waals surface area contributed by atoms with Crippen LogP contribution in [0.1, 0.15) is 22.8 Å². The first-order chi connectivity index (χ1) is 10.1. The number of carbonyl (C=O) groups is 2. The Labute approximate surface area is 121 Å². The van der Waals surface area contributed by atoms with E-state index in [1.807, 2.05) is 0 Å². The number of nitrogens with one attached hydrogen (secondary N) is 2. The molecule has 0 unspecified atom stereocenters. The van der Waals surface area contributed by atoms with Gasteiger partial charge in [0, 0.05) is 30.6 Å². The number of hydrogen-bond donors (Lipinski definition) is 2. The lowest BCUT2D eigenvalue weighted by atomic mass is 10.2. The number of aromatic nitrogens is 1. The Morgan fingerprint density at radius 2 is 1.95 bits per heavy atom. The predicted molar refractivity (Wildman–Crippen MR) is 80.0 cm³/mol. The molecule has 106 valence electrons. The SMILES string of the molecule is CC(=O)Nc1cccc(C(=O)N/N=C\c2ccncc2)c1. The van der Waals surface area contributed by atoms with E-state index in [0.717, 1.165) is 5.56 Å². The molecule has 6 heteroatoms. The van der Waals surface area contributed by atoms with Crippen molar-refractivity contribution in [3.8, 4) is 0 Å². The largest absolute Gasteiger partial charge is 0.326 e. The Morgan fingerprint density at radius 1 is 1.19 bits per heavy atom. The van der Waals surface area contributed by atoms with E-state index >= 15 is 0 Å². The summed E-state index contributed by atoms with van der Waals surface area (Å²) in [4.78, 5) is 26.8. The van der Waals surface area contributed by atoms with Gasteiger partial charge in [-0.3, -0.25) is 14.6 Å². The van der Waals surface area contributed by atoms with Gasteiger partial charge >= 0.3 is 0 Å². The molecule has 2 aromatic rings. The molecular formula is C15H14N4O2. The molecule has 0 spiro atoms. The van der Waals surface area contributed by atoms with Crippen LogP contribution in [0.15, 0.2) is 53.9 Å². The van der Waals surface area contributed by atoms with E-state index in [2.05, 4.69) is 20.8 Å². The highest BCUT2D eigenvalue weighted by Gasteiger charge is 2.05. The van der Waals surface area contributed by atoms with Crippen molar-refractivity contribution in [2.75, 3.05) is 5.32 Å². The molecule has 2 amide bonds. The highest BCUT2D eigenvalue weighted by molar-refractivity contribution is 5.97. The molecule has 2 rings (SSSR count). The van der Waals surface area contributed by atoms with Crippen LogP contribution in [-0.2, 0) is 4.79 Å². The molecule has 1 aromatic carbocycles. The second-order valence-electron chi connectivity index (χ2n) is 4.24. The topological polar surface area (TPSA) is 83.5 Å². The lowest BCUT2D eigenvalue weighted by Gasteiger charge is -2.04. The summed E-state index contributed by atoms with van der Waals surface area (Å²) in [6, 6.07) is 10.2. The smallest absolute Gasteiger partial charge is 0.271 e. The van der Waals surface area contributed by atoms with Crippen molar-refractivity contribution in [1.29, 1.82) is 0 Å². The average molecular weight is 282 g/mol. The van der Waals surface area contributed by atoms with Crippen LogP contribution in [0.3, 0.4) is 0 Å². The van der Waals surface area contributed by atoms with Crippen LogP contribution in [0, 0.1) is 0 Å². The minimum absolute atomic E-state index is 0.191. The van der Waals surface area contributed by atoms with E-state index in [1.165, 1.54) is 13.1 Å². The zero-order valence-electron chi connectivity index (χ0n) is 11.4. The molecule has 6 nitrogen and oxygen atoms in total. The summed E-state index contributed by atoms with van der Waals surface area (Å²) in [5.41, 5.74) is 4.23. The number of hydrazone groups is 1. The van der Waals surface area contributed by atoms with Crippen LogP contribution >= 0.6 is 0 Å². The van der Waals surface area contributed by atoms with Gasteiger partial charge in [-0.15, -0.1) is 0 Å². The van der Waals surface area contributed by atoms with Crippen LogP contribution in [0.25, 0.3) is 0 Å². The third-order valence-electron chi connectivity index (χ3n) is 2.53. The maximum Gasteiger partial charge on any atom is 0.271 e. The van der Waals surface area contributed by atoms with Gasteiger partial charge in [0.05, 0.1) is 6.21 Å². The number of carbonyl (C=O) groups excluding carboxylic acids is 2. The number of amides is 2. The number of rotatable bonds is 4. The second-order valence-corrected chi connectivity index (χ2v) is 4.24. The van der Waals surface area contributed by atoms with Gasteiger partial charge in [0.2, 0.25) is 5.91 Å². The Morgan fingerprint density at radius 3 is 2.67 bits per heavy atom. The van der Waals surface area contributed by atoms with E-state index in [-0.39, 0.29) is 11.8 Å². The van der Waals surface area contributed by atoms with Gasteiger partial charge in [-0.1, -0.05) is 6.07 Å². The predicted octanol–water partition coefficient (Wildman–Crippen LogP) is 1.80. The summed E-state index contributed by atoms with van der Waals surface area (Å²) in [6.07, 6.45) is 4.80. The summed E-state index contributed by atoms with van der Waals surface area (Å²) >= 11 is 0. The Balaban J connectivity index is 2.00. The molecule has 0 bridgehead atoms. The van der Waals surface area contributed by atoms with Gasteiger partial charge < -0.3 is 5.32 Å². The molecule has 1 heterocycles. The van der Waals surface area contributed by atoms with E-state index in [9.17, 15) is 9.59 Å². The minimum atomic E-state index is -0.354. The highest BCUT2D eigenvalue weighted by Crippen LogP contribution is 2.10. The van der Waals surface area contributed by atoms with Crippen LogP contribution in [-0.4, -0.2) is 23.0 Å². The summed E-state index contributed by atoms with van der Waals surface area (Å²) in [7, 11) is 0. The molecule has 0 aliphatic rings. The fourth-order valence-corrected chi connectivity index (χ4v) is 1.62. The first kappa shape index (κ1) is 14.4. The fourth-order valence-electron chi connectivity index (χ4n) is 1.62. The van der Waals surface area contributed by atoms with Crippen molar-refractivity contribution in [2.45, 2.75) is 6.92 Å². The molecule has 1 aromatic heterocycles. The van der Waals surface area contributed by atoms with E-state index in [0.29, 0.717) is 11.3 Å². The molecule has 0 saturated heterocycles. The number of benzene rings is 1. The zero-order valence-corrected chi connectivity index (χ0v) is 11.4. The van der Waals surface area contributed by atoms with Crippen LogP contribution in [0.4, 0.5) is 5.69 Å². The van der Waals surface area contributed by atoms with Gasteiger partial charge in [0.25, 0.3) is 5.91 Å². The van der Waals surface area contributed by atoms with Crippen molar-refractivity contribution in [2.24, 2.45) is 5.10 Å². The van der Waals surface area contributed by atoms with Gasteiger partial charge in [0.1, 0.15) is 0 Å². The van der Waals surface area contributed by atoms with Gasteiger partial charge in [-0.25, -0.2) is 5.43 Å². The molecular weight excluding hydrogens is 268 g/mol. The van der Waals surface area contributed by atoms with Crippen molar-refractivity contribution < 1.29 is 9.59 Å². The number of nitrogens with zero attached hydrogens (tertiary/aromatic N) is 2. The number of anilines is 1. The molecule has 0 saturated carbocycles. The first-order valence-corrected chi connectivity index (χ1v) is 6.26. The standard InChI is InChI=1S/C15H14N4O2/c1-11(20)18-14-4-2-3-13(9-14)15(21)19-17-10-12-5-7-16-8-6-12/h2-10H,1H3,(H,18,20)(H,19,21)/b17-10-. The van der Waals surface area contributed by atoms with E-state index < -0.39 is 0 Å². The normalized spacial score (nSPS) is 10.3. The molecule has 0 aliphatic heterocycles. The second kappa shape index (κ2) is 6.95. The molecule has 21 heavy (non-hydrogen) atoms. The highest BCUT2D eigenvalue weighted by atomic mass is 16.2. The minimum Gasteiger partial charge on any atom is -0.326 e. The molecule has 2 N–H and O–H groups in total. The van der Waals surface area contributed by atoms with Crippen LogP contribution in [0.2, 0.25) is 0 Å². The maximum absolute atomic E-state index is 11.9. The zero-order chi connectivity index (χ0) is 15.1. The third-order valence-corrected chi connectivity index (χ3v) is 2.53. The summed E-state index contributed by atoms with van der Waals surface area (Å²) in [5, 5.41) is 6.49. The molecule has 0 aliphatic carbocycles. The van der Waals surface area contributed by atoms with Gasteiger partial charge in [0.15, 0.2) is 0 Å². The first-order valence-electron chi connectivity index (χ1n) is 6.26. The van der Waals surface area contributed by atoms with Gasteiger partial charge in [-0.2, -0.15) is 5.10 Å². The Hall–Kier alpha value is -3.02. The maximum atomic E-state index is 11.9. The van der Waals surface area contributed by atoms with Crippen LogP contribution < -0.4 is 10.7 Å². The van der Waals surface area contributed by atoms with E-state index in [1.54, 1.807) is 48.8 Å². The molecule has 0 fully saturated rings.